The van der Waals surface area contributed by atoms with Crippen molar-refractivity contribution in [1.82, 2.24) is 0 Å². The van der Waals surface area contributed by atoms with Gasteiger partial charge in [0.1, 0.15) is 0 Å². The number of rotatable bonds is 4. The smallest absolute Gasteiger partial charge is 0.333 e. The molecule has 0 radical (unpaired) electrons. The normalized spacial score (nSPS) is 26.0. The summed E-state index contributed by atoms with van der Waals surface area (Å²) in [4.78, 5) is 11.4. The van der Waals surface area contributed by atoms with Crippen LogP contribution in [0.5, 0.6) is 0 Å². The largest absolute Gasteiger partial charge is 0.462 e. The van der Waals surface area contributed by atoms with E-state index in [1.54, 1.807) is 0 Å². The maximum absolute atomic E-state index is 11.4. The first kappa shape index (κ1) is 12.3. The fourth-order valence-electron chi connectivity index (χ4n) is 2.15. The van der Waals surface area contributed by atoms with E-state index in [1.807, 2.05) is 6.92 Å². The molecule has 0 amide bonds. The van der Waals surface area contributed by atoms with Crippen molar-refractivity contribution in [2.24, 2.45) is 11.8 Å². The highest BCUT2D eigenvalue weighted by molar-refractivity contribution is 5.87. The van der Waals surface area contributed by atoms with Crippen molar-refractivity contribution in [1.29, 1.82) is 0 Å². The van der Waals surface area contributed by atoms with E-state index in [1.165, 1.54) is 25.7 Å². The third-order valence-corrected chi connectivity index (χ3v) is 3.21. The molecule has 2 nitrogen and oxygen atoms in total. The van der Waals surface area contributed by atoms with Crippen molar-refractivity contribution < 1.29 is 9.53 Å². The number of ether oxygens (including phenoxy) is 1. The van der Waals surface area contributed by atoms with E-state index >= 15 is 0 Å². The third-order valence-electron chi connectivity index (χ3n) is 3.21. The summed E-state index contributed by atoms with van der Waals surface area (Å²) in [6, 6.07) is 0. The van der Waals surface area contributed by atoms with Crippen LogP contribution < -0.4 is 0 Å². The Balaban J connectivity index is 2.24. The first-order valence-corrected chi connectivity index (χ1v) is 5.98. The molecule has 15 heavy (non-hydrogen) atoms. The quantitative estimate of drug-likeness (QED) is 0.525. The van der Waals surface area contributed by atoms with Crippen LogP contribution in [0.4, 0.5) is 0 Å². The summed E-state index contributed by atoms with van der Waals surface area (Å²) in [7, 11) is 0. The van der Waals surface area contributed by atoms with Crippen LogP contribution in [0.2, 0.25) is 0 Å². The lowest BCUT2D eigenvalue weighted by Gasteiger charge is -2.26. The van der Waals surface area contributed by atoms with Crippen LogP contribution >= 0.6 is 0 Å². The number of carbonyl (C=O) groups is 1. The Morgan fingerprint density at radius 3 is 2.80 bits per heavy atom. The predicted molar refractivity (Wildman–Crippen MR) is 61.5 cm³/mol. The molecule has 1 saturated carbocycles. The molecule has 86 valence electrons. The minimum absolute atomic E-state index is 0.212. The summed E-state index contributed by atoms with van der Waals surface area (Å²) >= 11 is 0. The average Bonchev–Trinajstić information content (AvgIpc) is 2.25. The van der Waals surface area contributed by atoms with E-state index in [-0.39, 0.29) is 5.97 Å². The molecule has 2 atom stereocenters. The van der Waals surface area contributed by atoms with Crippen molar-refractivity contribution >= 4 is 5.97 Å². The molecule has 2 unspecified atom stereocenters. The van der Waals surface area contributed by atoms with Gasteiger partial charge in [0.25, 0.3) is 0 Å². The molecule has 0 aromatic heterocycles. The van der Waals surface area contributed by atoms with Gasteiger partial charge in [0.15, 0.2) is 0 Å². The van der Waals surface area contributed by atoms with Gasteiger partial charge in [0.2, 0.25) is 0 Å². The van der Waals surface area contributed by atoms with E-state index in [2.05, 4.69) is 13.5 Å². The van der Waals surface area contributed by atoms with Crippen LogP contribution in [-0.4, -0.2) is 12.6 Å². The Morgan fingerprint density at radius 2 is 2.20 bits per heavy atom. The Hall–Kier alpha value is -0.790. The first-order valence-electron chi connectivity index (χ1n) is 5.98. The van der Waals surface area contributed by atoms with Gasteiger partial charge < -0.3 is 4.74 Å². The van der Waals surface area contributed by atoms with E-state index in [4.69, 9.17) is 4.74 Å². The lowest BCUT2D eigenvalue weighted by molar-refractivity contribution is -0.141. The van der Waals surface area contributed by atoms with Crippen LogP contribution in [-0.2, 0) is 9.53 Å². The van der Waals surface area contributed by atoms with Gasteiger partial charge in [-0.1, -0.05) is 33.3 Å². The van der Waals surface area contributed by atoms with Crippen molar-refractivity contribution in [2.75, 3.05) is 6.61 Å². The van der Waals surface area contributed by atoms with Crippen LogP contribution in [0.25, 0.3) is 0 Å². The minimum Gasteiger partial charge on any atom is -0.462 e. The van der Waals surface area contributed by atoms with Gasteiger partial charge in [-0.3, -0.25) is 0 Å². The fourth-order valence-corrected chi connectivity index (χ4v) is 2.15. The Bertz CT molecular complexity index is 233. The Kier molecular flexibility index (Phi) is 4.86. The Morgan fingerprint density at radius 1 is 1.47 bits per heavy atom. The predicted octanol–water partition coefficient (Wildman–Crippen LogP) is 3.32. The van der Waals surface area contributed by atoms with Crippen LogP contribution in [0.3, 0.4) is 0 Å². The lowest BCUT2D eigenvalue weighted by atomic mass is 9.83. The second-order valence-corrected chi connectivity index (χ2v) is 4.69. The highest BCUT2D eigenvalue weighted by atomic mass is 16.5. The van der Waals surface area contributed by atoms with E-state index in [0.29, 0.717) is 24.5 Å². The molecule has 0 bridgehead atoms. The molecule has 0 aromatic rings. The number of hydrogen-bond donors (Lipinski definition) is 0. The maximum Gasteiger partial charge on any atom is 0.333 e. The molecule has 0 N–H and O–H groups in total. The van der Waals surface area contributed by atoms with Crippen LogP contribution in [0.15, 0.2) is 12.2 Å². The van der Waals surface area contributed by atoms with E-state index in [9.17, 15) is 4.79 Å². The molecule has 1 fully saturated rings. The summed E-state index contributed by atoms with van der Waals surface area (Å²) in [5.41, 5.74) is 0.582. The summed E-state index contributed by atoms with van der Waals surface area (Å²) in [5.74, 6) is 1.15. The standard InChI is InChI=1S/C13H22O2/c1-4-11(3)13(14)15-9-12-7-5-6-10(2)8-12/h10,12H,3-9H2,1-2H3. The maximum atomic E-state index is 11.4. The molecular formula is C13H22O2. The fraction of sp³-hybridized carbons (Fsp3) is 0.769. The number of esters is 1. The summed E-state index contributed by atoms with van der Waals surface area (Å²) < 4.78 is 5.24. The highest BCUT2D eigenvalue weighted by Crippen LogP contribution is 2.28. The van der Waals surface area contributed by atoms with Gasteiger partial charge in [-0.2, -0.15) is 0 Å². The lowest BCUT2D eigenvalue weighted by Crippen LogP contribution is -2.20. The second-order valence-electron chi connectivity index (χ2n) is 4.69. The Labute approximate surface area is 92.7 Å². The van der Waals surface area contributed by atoms with Gasteiger partial charge in [-0.25, -0.2) is 4.79 Å². The molecule has 0 saturated heterocycles. The molecule has 1 rings (SSSR count). The molecule has 0 aliphatic heterocycles. The van der Waals surface area contributed by atoms with Crippen molar-refractivity contribution in [3.05, 3.63) is 12.2 Å². The van der Waals surface area contributed by atoms with Gasteiger partial charge >= 0.3 is 5.97 Å². The van der Waals surface area contributed by atoms with Gasteiger partial charge in [0, 0.05) is 5.57 Å². The topological polar surface area (TPSA) is 26.3 Å². The SMILES string of the molecule is C=C(CC)C(=O)OCC1CCCC(C)C1. The number of hydrogen-bond acceptors (Lipinski definition) is 2. The molecule has 1 aliphatic rings. The van der Waals surface area contributed by atoms with Gasteiger partial charge in [0.05, 0.1) is 6.61 Å². The van der Waals surface area contributed by atoms with Gasteiger partial charge in [-0.05, 0) is 31.1 Å². The first-order chi connectivity index (χ1) is 7.13. The van der Waals surface area contributed by atoms with Crippen LogP contribution in [0.1, 0.15) is 46.0 Å². The minimum atomic E-state index is -0.212. The molecule has 0 aromatic carbocycles. The summed E-state index contributed by atoms with van der Waals surface area (Å²) in [6.07, 6.45) is 5.69. The van der Waals surface area contributed by atoms with Crippen LogP contribution in [0, 0.1) is 11.8 Å². The molecule has 0 heterocycles. The number of carbonyl (C=O) groups excluding carboxylic acids is 1. The summed E-state index contributed by atoms with van der Waals surface area (Å²) in [5, 5.41) is 0. The zero-order valence-electron chi connectivity index (χ0n) is 9.92. The second kappa shape index (κ2) is 5.94. The van der Waals surface area contributed by atoms with E-state index < -0.39 is 0 Å². The van der Waals surface area contributed by atoms with Crippen molar-refractivity contribution in [3.63, 3.8) is 0 Å². The van der Waals surface area contributed by atoms with Gasteiger partial charge in [-0.15, -0.1) is 0 Å². The zero-order chi connectivity index (χ0) is 11.3. The monoisotopic (exact) mass is 210 g/mol. The third kappa shape index (κ3) is 4.06. The molecular weight excluding hydrogens is 188 g/mol. The highest BCUT2D eigenvalue weighted by Gasteiger charge is 2.20. The summed E-state index contributed by atoms with van der Waals surface area (Å²) in [6.45, 7) is 8.46. The molecule has 2 heteroatoms. The molecule has 1 aliphatic carbocycles. The van der Waals surface area contributed by atoms with Crippen molar-refractivity contribution in [3.8, 4) is 0 Å². The average molecular weight is 210 g/mol. The van der Waals surface area contributed by atoms with E-state index in [0.717, 1.165) is 5.92 Å². The molecule has 0 spiro atoms. The van der Waals surface area contributed by atoms with Crippen molar-refractivity contribution in [2.45, 2.75) is 46.0 Å². The zero-order valence-corrected chi connectivity index (χ0v) is 9.92.